The molecule has 6 heteroatoms. The largest absolute Gasteiger partial charge is 0.325 e. The van der Waals surface area contributed by atoms with E-state index < -0.39 is 0 Å². The summed E-state index contributed by atoms with van der Waals surface area (Å²) in [5.74, 6) is -0.0819. The molecule has 0 saturated carbocycles. The Kier molecular flexibility index (Phi) is 4.27. The van der Waals surface area contributed by atoms with Crippen LogP contribution >= 0.6 is 0 Å². The Morgan fingerprint density at radius 1 is 1.30 bits per heavy atom. The number of H-pyrrole nitrogens is 1. The monoisotopic (exact) mass is 272 g/mol. The van der Waals surface area contributed by atoms with Crippen molar-refractivity contribution in [3.05, 3.63) is 46.8 Å². The minimum absolute atomic E-state index is 0.0819. The molecule has 1 amide bonds. The van der Waals surface area contributed by atoms with Gasteiger partial charge >= 0.3 is 0 Å². The van der Waals surface area contributed by atoms with Crippen LogP contribution in [0.5, 0.6) is 0 Å². The number of amides is 1. The Morgan fingerprint density at radius 2 is 2.10 bits per heavy atom. The Hall–Kier alpha value is -2.47. The average molecular weight is 272 g/mol. The number of aromatic nitrogens is 2. The zero-order chi connectivity index (χ0) is 14.5. The van der Waals surface area contributed by atoms with Crippen LogP contribution in [0.2, 0.25) is 0 Å². The number of likely N-dealkylation sites (N-methyl/N-ethyl adjacent to an activating group) is 1. The van der Waals surface area contributed by atoms with Gasteiger partial charge in [-0.25, -0.2) is 5.10 Å². The van der Waals surface area contributed by atoms with E-state index in [2.05, 4.69) is 15.5 Å². The molecule has 2 aromatic rings. The first-order valence-corrected chi connectivity index (χ1v) is 6.15. The van der Waals surface area contributed by atoms with Crippen LogP contribution in [-0.4, -0.2) is 41.6 Å². The van der Waals surface area contributed by atoms with Crippen LogP contribution in [0.1, 0.15) is 0 Å². The van der Waals surface area contributed by atoms with Crippen LogP contribution in [0.3, 0.4) is 0 Å². The zero-order valence-electron chi connectivity index (χ0n) is 11.4. The molecule has 1 aromatic heterocycles. The molecule has 0 bridgehead atoms. The van der Waals surface area contributed by atoms with E-state index in [0.717, 1.165) is 5.56 Å². The minimum Gasteiger partial charge on any atom is -0.325 e. The van der Waals surface area contributed by atoms with Crippen molar-refractivity contribution in [3.8, 4) is 11.3 Å². The number of hydrogen-bond donors (Lipinski definition) is 2. The standard InChI is InChI=1S/C14H16N4O2/c1-18(2)9-14(20)15-11-5-3-4-10(8-11)12-6-7-13(19)17-16-12/h3-8H,9H2,1-2H3,(H,15,20)(H,17,19). The van der Waals surface area contributed by atoms with Crippen LogP contribution in [0.4, 0.5) is 5.69 Å². The van der Waals surface area contributed by atoms with Gasteiger partial charge < -0.3 is 10.2 Å². The maximum atomic E-state index is 11.7. The van der Waals surface area contributed by atoms with E-state index in [-0.39, 0.29) is 11.5 Å². The maximum Gasteiger partial charge on any atom is 0.264 e. The van der Waals surface area contributed by atoms with Crippen molar-refractivity contribution >= 4 is 11.6 Å². The first-order chi connectivity index (χ1) is 9.54. The Balaban J connectivity index is 2.17. The minimum atomic E-state index is -0.246. The summed E-state index contributed by atoms with van der Waals surface area (Å²) in [6.45, 7) is 0.321. The summed E-state index contributed by atoms with van der Waals surface area (Å²) in [5.41, 5.74) is 1.92. The molecule has 0 unspecified atom stereocenters. The predicted molar refractivity (Wildman–Crippen MR) is 77.5 cm³/mol. The first-order valence-electron chi connectivity index (χ1n) is 6.15. The molecule has 0 spiro atoms. The summed E-state index contributed by atoms with van der Waals surface area (Å²) in [5, 5.41) is 9.16. The Morgan fingerprint density at radius 3 is 2.75 bits per heavy atom. The molecule has 20 heavy (non-hydrogen) atoms. The van der Waals surface area contributed by atoms with Gasteiger partial charge in [-0.3, -0.25) is 9.59 Å². The van der Waals surface area contributed by atoms with Gasteiger partial charge in [-0.1, -0.05) is 12.1 Å². The molecule has 0 aliphatic carbocycles. The summed E-state index contributed by atoms with van der Waals surface area (Å²) in [7, 11) is 3.67. The van der Waals surface area contributed by atoms with Crippen molar-refractivity contribution in [1.29, 1.82) is 0 Å². The third-order valence-electron chi connectivity index (χ3n) is 2.58. The van der Waals surface area contributed by atoms with E-state index >= 15 is 0 Å². The molecule has 104 valence electrons. The SMILES string of the molecule is CN(C)CC(=O)Nc1cccc(-c2ccc(=O)[nH]n2)c1. The number of benzene rings is 1. The molecule has 0 aliphatic heterocycles. The molecular weight excluding hydrogens is 256 g/mol. The van der Waals surface area contributed by atoms with Gasteiger partial charge in [-0.15, -0.1) is 0 Å². The fraction of sp³-hybridized carbons (Fsp3) is 0.214. The van der Waals surface area contributed by atoms with E-state index in [0.29, 0.717) is 17.9 Å². The number of nitrogens with one attached hydrogen (secondary N) is 2. The van der Waals surface area contributed by atoms with Gasteiger partial charge in [-0.05, 0) is 32.3 Å². The van der Waals surface area contributed by atoms with Crippen LogP contribution in [0, 0.1) is 0 Å². The van der Waals surface area contributed by atoms with Gasteiger partial charge in [0, 0.05) is 17.3 Å². The lowest BCUT2D eigenvalue weighted by Crippen LogP contribution is -2.27. The first kappa shape index (κ1) is 14.0. The molecule has 0 aliphatic rings. The van der Waals surface area contributed by atoms with E-state index in [9.17, 15) is 9.59 Å². The van der Waals surface area contributed by atoms with Crippen molar-refractivity contribution in [2.75, 3.05) is 26.0 Å². The summed E-state index contributed by atoms with van der Waals surface area (Å²) in [6.07, 6.45) is 0. The number of carbonyl (C=O) groups excluding carboxylic acids is 1. The Bertz CT molecular complexity index is 644. The number of anilines is 1. The quantitative estimate of drug-likeness (QED) is 0.868. The smallest absolute Gasteiger partial charge is 0.264 e. The van der Waals surface area contributed by atoms with Crippen LogP contribution in [-0.2, 0) is 4.79 Å². The van der Waals surface area contributed by atoms with Gasteiger partial charge in [0.25, 0.3) is 5.56 Å². The van der Waals surface area contributed by atoms with Crippen molar-refractivity contribution in [3.63, 3.8) is 0 Å². The molecule has 1 heterocycles. The second-order valence-corrected chi connectivity index (χ2v) is 4.67. The average Bonchev–Trinajstić information content (AvgIpc) is 2.38. The zero-order valence-corrected chi connectivity index (χ0v) is 11.4. The van der Waals surface area contributed by atoms with Gasteiger partial charge in [-0.2, -0.15) is 5.10 Å². The lowest BCUT2D eigenvalue weighted by atomic mass is 10.1. The van der Waals surface area contributed by atoms with Gasteiger partial charge in [0.2, 0.25) is 5.91 Å². The third kappa shape index (κ3) is 3.76. The predicted octanol–water partition coefficient (Wildman–Crippen LogP) is 0.937. The lowest BCUT2D eigenvalue weighted by Gasteiger charge is -2.10. The topological polar surface area (TPSA) is 78.1 Å². The highest BCUT2D eigenvalue weighted by Crippen LogP contribution is 2.19. The van der Waals surface area contributed by atoms with Gasteiger partial charge in [0.05, 0.1) is 12.2 Å². The molecule has 0 radical (unpaired) electrons. The summed E-state index contributed by atoms with van der Waals surface area (Å²) in [6, 6.07) is 10.4. The number of nitrogens with zero attached hydrogens (tertiary/aromatic N) is 2. The molecule has 1 aromatic carbocycles. The number of carbonyl (C=O) groups is 1. The fourth-order valence-electron chi connectivity index (χ4n) is 1.75. The van der Waals surface area contributed by atoms with Crippen molar-refractivity contribution in [2.45, 2.75) is 0 Å². The molecular formula is C14H16N4O2. The molecule has 2 rings (SSSR count). The fourth-order valence-corrected chi connectivity index (χ4v) is 1.75. The van der Waals surface area contributed by atoms with E-state index in [4.69, 9.17) is 0 Å². The molecule has 2 N–H and O–H groups in total. The van der Waals surface area contributed by atoms with Crippen LogP contribution in [0.25, 0.3) is 11.3 Å². The number of hydrogen-bond acceptors (Lipinski definition) is 4. The highest BCUT2D eigenvalue weighted by molar-refractivity contribution is 5.92. The molecule has 6 nitrogen and oxygen atoms in total. The van der Waals surface area contributed by atoms with E-state index in [1.54, 1.807) is 11.0 Å². The van der Waals surface area contributed by atoms with Gasteiger partial charge in [0.15, 0.2) is 0 Å². The van der Waals surface area contributed by atoms with E-state index in [1.807, 2.05) is 38.4 Å². The summed E-state index contributed by atoms with van der Waals surface area (Å²) >= 11 is 0. The van der Waals surface area contributed by atoms with Crippen LogP contribution in [0.15, 0.2) is 41.2 Å². The molecule has 0 fully saturated rings. The second kappa shape index (κ2) is 6.12. The van der Waals surface area contributed by atoms with Crippen LogP contribution < -0.4 is 10.9 Å². The Labute approximate surface area is 116 Å². The summed E-state index contributed by atoms with van der Waals surface area (Å²) in [4.78, 5) is 24.5. The third-order valence-corrected chi connectivity index (χ3v) is 2.58. The lowest BCUT2D eigenvalue weighted by molar-refractivity contribution is -0.116. The van der Waals surface area contributed by atoms with Crippen molar-refractivity contribution in [2.24, 2.45) is 0 Å². The number of aromatic amines is 1. The maximum absolute atomic E-state index is 11.7. The van der Waals surface area contributed by atoms with Gasteiger partial charge in [0.1, 0.15) is 0 Å². The van der Waals surface area contributed by atoms with Crippen molar-refractivity contribution in [1.82, 2.24) is 15.1 Å². The van der Waals surface area contributed by atoms with E-state index in [1.165, 1.54) is 6.07 Å². The molecule has 0 saturated heterocycles. The highest BCUT2D eigenvalue weighted by Gasteiger charge is 2.05. The number of rotatable bonds is 4. The highest BCUT2D eigenvalue weighted by atomic mass is 16.2. The normalized spacial score (nSPS) is 10.6. The second-order valence-electron chi connectivity index (χ2n) is 4.67. The van der Waals surface area contributed by atoms with Crippen molar-refractivity contribution < 1.29 is 4.79 Å². The summed E-state index contributed by atoms with van der Waals surface area (Å²) < 4.78 is 0. The molecule has 0 atom stereocenters.